The number of carbonyl (C=O) groups is 1. The monoisotopic (exact) mass is 609 g/mol. The smallest absolute Gasteiger partial charge is 0.261 e. The molecule has 1 fully saturated rings. The fourth-order valence-corrected chi connectivity index (χ4v) is 8.03. The molecule has 0 spiro atoms. The number of rotatable bonds is 7. The van der Waals surface area contributed by atoms with Gasteiger partial charge in [-0.2, -0.15) is 4.31 Å². The quantitative estimate of drug-likeness (QED) is 0.340. The molecule has 0 bridgehead atoms. The van der Waals surface area contributed by atoms with Crippen LogP contribution in [0.25, 0.3) is 0 Å². The molecule has 208 valence electrons. The van der Waals surface area contributed by atoms with E-state index in [1.54, 1.807) is 13.0 Å². The lowest BCUT2D eigenvalue weighted by molar-refractivity contribution is 0.102. The molecule has 8 nitrogen and oxygen atoms in total. The van der Waals surface area contributed by atoms with Crippen LogP contribution in [0.4, 0.5) is 11.4 Å². The minimum absolute atomic E-state index is 0.00863. The van der Waals surface area contributed by atoms with E-state index < -0.39 is 26.0 Å². The lowest BCUT2D eigenvalue weighted by Crippen LogP contribution is -2.42. The number of aryl methyl sites for hydroxylation is 1. The lowest BCUT2D eigenvalue weighted by Gasteiger charge is -2.34. The Morgan fingerprint density at radius 1 is 0.872 bits per heavy atom. The molecule has 1 amide bonds. The molecule has 0 aromatic heterocycles. The molecule has 4 rings (SSSR count). The zero-order valence-electron chi connectivity index (χ0n) is 21.6. The van der Waals surface area contributed by atoms with Crippen molar-refractivity contribution in [3.63, 3.8) is 0 Å². The van der Waals surface area contributed by atoms with Crippen LogP contribution >= 0.6 is 23.2 Å². The van der Waals surface area contributed by atoms with E-state index in [1.807, 2.05) is 13.8 Å². The van der Waals surface area contributed by atoms with E-state index in [0.717, 1.165) is 6.42 Å². The summed E-state index contributed by atoms with van der Waals surface area (Å²) in [5.41, 5.74) is 0.846. The Morgan fingerprint density at radius 3 is 2.10 bits per heavy atom. The highest BCUT2D eigenvalue weighted by atomic mass is 35.5. The molecule has 0 saturated carbocycles. The third-order valence-electron chi connectivity index (χ3n) is 6.48. The van der Waals surface area contributed by atoms with Gasteiger partial charge in [0.15, 0.2) is 0 Å². The van der Waals surface area contributed by atoms with Crippen LogP contribution in [0.15, 0.2) is 70.5 Å². The summed E-state index contributed by atoms with van der Waals surface area (Å²) < 4.78 is 56.5. The summed E-state index contributed by atoms with van der Waals surface area (Å²) in [7, 11) is -7.72. The summed E-state index contributed by atoms with van der Waals surface area (Å²) in [4.78, 5) is 13.4. The van der Waals surface area contributed by atoms with E-state index >= 15 is 0 Å². The number of halogens is 2. The Kier molecular flexibility index (Phi) is 8.63. The molecule has 1 aliphatic rings. The highest BCUT2D eigenvalue weighted by Crippen LogP contribution is 2.30. The molecular formula is C27H29Cl2N3O5S2. The second-order valence-electron chi connectivity index (χ2n) is 9.95. The molecule has 2 atom stereocenters. The van der Waals surface area contributed by atoms with Crippen LogP contribution in [0.3, 0.4) is 0 Å². The number of piperidine rings is 1. The van der Waals surface area contributed by atoms with Gasteiger partial charge in [0.05, 0.1) is 21.0 Å². The van der Waals surface area contributed by atoms with Gasteiger partial charge in [-0.1, -0.05) is 37.0 Å². The normalized spacial score (nSPS) is 18.5. The first-order chi connectivity index (χ1) is 18.3. The highest BCUT2D eigenvalue weighted by molar-refractivity contribution is 7.92. The summed E-state index contributed by atoms with van der Waals surface area (Å²) in [6.07, 6.45) is 0.983. The Labute approximate surface area is 239 Å². The predicted octanol–water partition coefficient (Wildman–Crippen LogP) is 6.02. The maximum Gasteiger partial charge on any atom is 0.261 e. The summed E-state index contributed by atoms with van der Waals surface area (Å²) in [5, 5.41) is 3.33. The summed E-state index contributed by atoms with van der Waals surface area (Å²) >= 11 is 12.0. The number of hydrogen-bond acceptors (Lipinski definition) is 5. The van der Waals surface area contributed by atoms with E-state index in [9.17, 15) is 21.6 Å². The molecule has 3 aromatic rings. The first-order valence-electron chi connectivity index (χ1n) is 12.3. The van der Waals surface area contributed by atoms with E-state index in [4.69, 9.17) is 23.2 Å². The zero-order chi connectivity index (χ0) is 28.5. The van der Waals surface area contributed by atoms with Gasteiger partial charge in [-0.25, -0.2) is 16.8 Å². The van der Waals surface area contributed by atoms with Crippen molar-refractivity contribution in [2.45, 2.75) is 37.0 Å². The SMILES string of the molecule is Cc1cc(NC(=O)c2cc(Cl)ccc2NS(=O)(=O)c2ccc(Cl)cc2)ccc1S(=O)(=O)N1CC(C)CC(C)C1. The second-order valence-corrected chi connectivity index (χ2v) is 14.4. The summed E-state index contributed by atoms with van der Waals surface area (Å²) in [6.45, 7) is 6.69. The average Bonchev–Trinajstić information content (AvgIpc) is 2.84. The maximum absolute atomic E-state index is 13.4. The molecule has 12 heteroatoms. The fourth-order valence-electron chi connectivity index (χ4n) is 4.77. The zero-order valence-corrected chi connectivity index (χ0v) is 24.8. The molecule has 3 aromatic carbocycles. The number of nitrogens with zero attached hydrogens (tertiary/aromatic N) is 1. The van der Waals surface area contributed by atoms with Crippen LogP contribution in [0.2, 0.25) is 10.0 Å². The minimum atomic E-state index is -4.02. The number of sulfonamides is 2. The van der Waals surface area contributed by atoms with Gasteiger partial charge < -0.3 is 5.32 Å². The molecule has 0 radical (unpaired) electrons. The van der Waals surface area contributed by atoms with Gasteiger partial charge in [0.1, 0.15) is 0 Å². The average molecular weight is 611 g/mol. The second kappa shape index (κ2) is 11.5. The van der Waals surface area contributed by atoms with Crippen LogP contribution < -0.4 is 10.0 Å². The summed E-state index contributed by atoms with van der Waals surface area (Å²) in [6, 6.07) is 14.4. The van der Waals surface area contributed by atoms with Crippen LogP contribution in [0, 0.1) is 18.8 Å². The van der Waals surface area contributed by atoms with Gasteiger partial charge in [0, 0.05) is 28.8 Å². The number of carbonyl (C=O) groups excluding carboxylic acids is 1. The Bertz CT molecular complexity index is 1600. The van der Waals surface area contributed by atoms with E-state index in [1.165, 1.54) is 58.9 Å². The topological polar surface area (TPSA) is 113 Å². The third-order valence-corrected chi connectivity index (χ3v) is 10.3. The number of anilines is 2. The predicted molar refractivity (Wildman–Crippen MR) is 155 cm³/mol. The van der Waals surface area contributed by atoms with Crippen molar-refractivity contribution in [2.75, 3.05) is 23.1 Å². The van der Waals surface area contributed by atoms with Crippen molar-refractivity contribution in [1.82, 2.24) is 4.31 Å². The molecule has 1 saturated heterocycles. The Hall–Kier alpha value is -2.63. The van der Waals surface area contributed by atoms with Crippen molar-refractivity contribution in [3.05, 3.63) is 81.8 Å². The summed E-state index contributed by atoms with van der Waals surface area (Å²) in [5.74, 6) is -0.0854. The molecule has 39 heavy (non-hydrogen) atoms. The molecule has 2 unspecified atom stereocenters. The van der Waals surface area contributed by atoms with Crippen molar-refractivity contribution in [1.29, 1.82) is 0 Å². The molecule has 1 aliphatic heterocycles. The number of amides is 1. The van der Waals surface area contributed by atoms with Gasteiger partial charge in [-0.15, -0.1) is 0 Å². The lowest BCUT2D eigenvalue weighted by atomic mass is 9.94. The highest BCUT2D eigenvalue weighted by Gasteiger charge is 2.32. The Morgan fingerprint density at radius 2 is 1.49 bits per heavy atom. The van der Waals surface area contributed by atoms with Crippen molar-refractivity contribution >= 4 is 60.5 Å². The van der Waals surface area contributed by atoms with Crippen molar-refractivity contribution in [2.24, 2.45) is 11.8 Å². The minimum Gasteiger partial charge on any atom is -0.322 e. The molecular weight excluding hydrogens is 581 g/mol. The van der Waals surface area contributed by atoms with E-state index in [-0.39, 0.29) is 37.9 Å². The van der Waals surface area contributed by atoms with Crippen LogP contribution in [-0.2, 0) is 20.0 Å². The van der Waals surface area contributed by atoms with Crippen LogP contribution in [0.1, 0.15) is 36.2 Å². The van der Waals surface area contributed by atoms with Crippen molar-refractivity contribution < 1.29 is 21.6 Å². The van der Waals surface area contributed by atoms with Gasteiger partial charge in [-0.3, -0.25) is 9.52 Å². The van der Waals surface area contributed by atoms with Crippen LogP contribution in [0.5, 0.6) is 0 Å². The largest absolute Gasteiger partial charge is 0.322 e. The first kappa shape index (κ1) is 29.4. The number of benzene rings is 3. The number of nitrogens with one attached hydrogen (secondary N) is 2. The van der Waals surface area contributed by atoms with E-state index in [2.05, 4.69) is 10.0 Å². The Balaban J connectivity index is 1.57. The molecule has 2 N–H and O–H groups in total. The van der Waals surface area contributed by atoms with Gasteiger partial charge in [0.25, 0.3) is 15.9 Å². The van der Waals surface area contributed by atoms with Crippen LogP contribution in [-0.4, -0.2) is 40.1 Å². The third kappa shape index (κ3) is 6.75. The fraction of sp³-hybridized carbons (Fsp3) is 0.296. The standard InChI is InChI=1S/C27H29Cl2N3O5S2/c1-17-12-18(2)16-32(15-17)39(36,37)26-11-7-22(13-19(26)3)30-27(33)24-14-21(29)6-10-25(24)31-38(34,35)23-8-4-20(28)5-9-23/h4-11,13-14,17-18,31H,12,15-16H2,1-3H3,(H,30,33). The van der Waals surface area contributed by atoms with Crippen molar-refractivity contribution in [3.8, 4) is 0 Å². The molecule has 0 aliphatic carbocycles. The van der Waals surface area contributed by atoms with Gasteiger partial charge >= 0.3 is 0 Å². The first-order valence-corrected chi connectivity index (χ1v) is 15.9. The van der Waals surface area contributed by atoms with E-state index in [0.29, 0.717) is 29.4 Å². The molecule has 1 heterocycles. The maximum atomic E-state index is 13.4. The van der Waals surface area contributed by atoms with Gasteiger partial charge in [-0.05, 0) is 91.4 Å². The van der Waals surface area contributed by atoms with Gasteiger partial charge in [0.2, 0.25) is 10.0 Å². The number of hydrogen-bond donors (Lipinski definition) is 2.